The zero-order valence-corrected chi connectivity index (χ0v) is 10.1. The number of carboxylic acid groups (broad SMARTS) is 1. The third kappa shape index (κ3) is 2.73. The largest absolute Gasteiger partial charge is 0.481 e. The topological polar surface area (TPSA) is 92.4 Å². The van der Waals surface area contributed by atoms with Crippen molar-refractivity contribution in [3.63, 3.8) is 0 Å². The molecule has 2 N–H and O–H groups in total. The fourth-order valence-electron chi connectivity index (χ4n) is 1.67. The van der Waals surface area contributed by atoms with E-state index in [1.165, 1.54) is 0 Å². The van der Waals surface area contributed by atoms with Gasteiger partial charge in [-0.2, -0.15) is 0 Å². The van der Waals surface area contributed by atoms with E-state index in [9.17, 15) is 4.79 Å². The summed E-state index contributed by atoms with van der Waals surface area (Å²) in [5.74, 6) is 0.720. The van der Waals surface area contributed by atoms with Gasteiger partial charge in [-0.05, 0) is 19.8 Å². The summed E-state index contributed by atoms with van der Waals surface area (Å²) >= 11 is 0. The molecule has 0 aromatic carbocycles. The maximum atomic E-state index is 10.4. The lowest BCUT2D eigenvalue weighted by Crippen LogP contribution is -2.06. The predicted octanol–water partition coefficient (Wildman–Crippen LogP) is 1.10. The smallest absolute Gasteiger partial charge is 0.303 e. The summed E-state index contributed by atoms with van der Waals surface area (Å²) < 4.78 is 1.85. The summed E-state index contributed by atoms with van der Waals surface area (Å²) in [6.07, 6.45) is 5.12. The van der Waals surface area contributed by atoms with Crippen LogP contribution in [-0.4, -0.2) is 37.2 Å². The second kappa shape index (κ2) is 5.44. The van der Waals surface area contributed by atoms with Crippen LogP contribution in [0, 0.1) is 6.92 Å². The summed E-state index contributed by atoms with van der Waals surface area (Å²) in [6, 6.07) is 0. The van der Waals surface area contributed by atoms with Crippen LogP contribution in [0.3, 0.4) is 0 Å². The molecule has 7 heteroatoms. The molecule has 0 fully saturated rings. The van der Waals surface area contributed by atoms with Crippen LogP contribution in [-0.2, 0) is 4.79 Å². The van der Waals surface area contributed by atoms with E-state index in [2.05, 4.69) is 20.5 Å². The molecular weight excluding hydrogens is 234 g/mol. The van der Waals surface area contributed by atoms with Gasteiger partial charge in [0.25, 0.3) is 0 Å². The molecule has 2 rings (SSSR count). The molecule has 2 heterocycles. The highest BCUT2D eigenvalue weighted by Gasteiger charge is 2.06. The summed E-state index contributed by atoms with van der Waals surface area (Å²) in [5, 5.41) is 19.7. The molecule has 18 heavy (non-hydrogen) atoms. The van der Waals surface area contributed by atoms with E-state index in [4.69, 9.17) is 5.11 Å². The van der Waals surface area contributed by atoms with Gasteiger partial charge in [-0.25, -0.2) is 4.98 Å². The van der Waals surface area contributed by atoms with Crippen LogP contribution >= 0.6 is 0 Å². The van der Waals surface area contributed by atoms with Gasteiger partial charge in [0.2, 0.25) is 5.65 Å². The number of hydrogen-bond acceptors (Lipinski definition) is 5. The fourth-order valence-corrected chi connectivity index (χ4v) is 1.67. The standard InChI is InChI=1S/C11H15N5O2/c1-8-14-15-11-10(13-6-7-16(8)11)12-5-3-2-4-9(17)18/h6-7H,2-5H2,1H3,(H,12,13)(H,17,18). The molecule has 0 aliphatic heterocycles. The van der Waals surface area contributed by atoms with E-state index in [0.29, 0.717) is 24.4 Å². The Morgan fingerprint density at radius 2 is 2.28 bits per heavy atom. The minimum Gasteiger partial charge on any atom is -0.481 e. The highest BCUT2D eigenvalue weighted by molar-refractivity contribution is 5.66. The first kappa shape index (κ1) is 12.3. The van der Waals surface area contributed by atoms with E-state index in [1.54, 1.807) is 12.4 Å². The average molecular weight is 249 g/mol. The van der Waals surface area contributed by atoms with Gasteiger partial charge in [0, 0.05) is 25.4 Å². The van der Waals surface area contributed by atoms with Crippen LogP contribution in [0.1, 0.15) is 25.1 Å². The van der Waals surface area contributed by atoms with Gasteiger partial charge >= 0.3 is 5.97 Å². The Balaban J connectivity index is 1.93. The molecular formula is C11H15N5O2. The van der Waals surface area contributed by atoms with Crippen LogP contribution in [0.25, 0.3) is 5.65 Å². The van der Waals surface area contributed by atoms with E-state index in [1.807, 2.05) is 11.3 Å². The van der Waals surface area contributed by atoms with Crippen molar-refractivity contribution in [3.05, 3.63) is 18.2 Å². The van der Waals surface area contributed by atoms with E-state index in [-0.39, 0.29) is 6.42 Å². The number of rotatable bonds is 6. The Hall–Kier alpha value is -2.18. The van der Waals surface area contributed by atoms with Crippen molar-refractivity contribution in [2.45, 2.75) is 26.2 Å². The monoisotopic (exact) mass is 249 g/mol. The molecule has 2 aromatic rings. The number of carbonyl (C=O) groups is 1. The Bertz CT molecular complexity index is 551. The number of aliphatic carboxylic acids is 1. The molecule has 0 bridgehead atoms. The van der Waals surface area contributed by atoms with E-state index < -0.39 is 5.97 Å². The van der Waals surface area contributed by atoms with E-state index >= 15 is 0 Å². The number of nitrogens with one attached hydrogen (secondary N) is 1. The molecule has 0 unspecified atom stereocenters. The molecule has 0 saturated carbocycles. The van der Waals surface area contributed by atoms with Gasteiger partial charge in [-0.3, -0.25) is 9.20 Å². The molecule has 0 atom stereocenters. The van der Waals surface area contributed by atoms with E-state index in [0.717, 1.165) is 12.2 Å². The molecule has 0 amide bonds. The van der Waals surface area contributed by atoms with Crippen molar-refractivity contribution >= 4 is 17.4 Å². The van der Waals surface area contributed by atoms with Gasteiger partial charge in [-0.15, -0.1) is 10.2 Å². The quantitative estimate of drug-likeness (QED) is 0.745. The van der Waals surface area contributed by atoms with Crippen molar-refractivity contribution in [2.75, 3.05) is 11.9 Å². The van der Waals surface area contributed by atoms with Gasteiger partial charge in [0.05, 0.1) is 0 Å². The lowest BCUT2D eigenvalue weighted by molar-refractivity contribution is -0.137. The molecule has 96 valence electrons. The maximum absolute atomic E-state index is 10.4. The Morgan fingerprint density at radius 3 is 3.06 bits per heavy atom. The van der Waals surface area contributed by atoms with Gasteiger partial charge in [0.1, 0.15) is 5.82 Å². The predicted molar refractivity (Wildman–Crippen MR) is 65.5 cm³/mol. The van der Waals surface area contributed by atoms with Gasteiger partial charge < -0.3 is 10.4 Å². The third-order valence-corrected chi connectivity index (χ3v) is 2.61. The number of nitrogens with zero attached hydrogens (tertiary/aromatic N) is 4. The van der Waals surface area contributed by atoms with Crippen molar-refractivity contribution in [1.29, 1.82) is 0 Å². The van der Waals surface area contributed by atoms with Crippen molar-refractivity contribution < 1.29 is 9.90 Å². The molecule has 0 spiro atoms. The number of unbranched alkanes of at least 4 members (excludes halogenated alkanes) is 1. The lowest BCUT2D eigenvalue weighted by atomic mass is 10.2. The average Bonchev–Trinajstić information content (AvgIpc) is 2.71. The summed E-state index contributed by atoms with van der Waals surface area (Å²) in [6.45, 7) is 2.54. The lowest BCUT2D eigenvalue weighted by Gasteiger charge is -2.05. The number of fused-ring (bicyclic) bond motifs is 1. The molecule has 0 aliphatic carbocycles. The van der Waals surface area contributed by atoms with Crippen LogP contribution < -0.4 is 5.32 Å². The van der Waals surface area contributed by atoms with Gasteiger partial charge in [-0.1, -0.05) is 0 Å². The minimum absolute atomic E-state index is 0.198. The Morgan fingerprint density at radius 1 is 1.44 bits per heavy atom. The summed E-state index contributed by atoms with van der Waals surface area (Å²) in [7, 11) is 0. The summed E-state index contributed by atoms with van der Waals surface area (Å²) in [5.41, 5.74) is 0.688. The number of aromatic nitrogens is 4. The first-order valence-electron chi connectivity index (χ1n) is 5.80. The fraction of sp³-hybridized carbons (Fsp3) is 0.455. The normalized spacial score (nSPS) is 10.7. The Labute approximate surface area is 104 Å². The zero-order valence-electron chi connectivity index (χ0n) is 10.1. The van der Waals surface area contributed by atoms with Crippen molar-refractivity contribution in [3.8, 4) is 0 Å². The maximum Gasteiger partial charge on any atom is 0.303 e. The van der Waals surface area contributed by atoms with Gasteiger partial charge in [0.15, 0.2) is 5.82 Å². The number of aryl methyl sites for hydroxylation is 1. The number of anilines is 1. The SMILES string of the molecule is Cc1nnc2c(NCCCCC(=O)O)nccn12. The second-order valence-electron chi connectivity index (χ2n) is 3.99. The first-order valence-corrected chi connectivity index (χ1v) is 5.80. The minimum atomic E-state index is -0.761. The second-order valence-corrected chi connectivity index (χ2v) is 3.99. The molecule has 7 nitrogen and oxygen atoms in total. The van der Waals surface area contributed by atoms with Crippen LogP contribution in [0.5, 0.6) is 0 Å². The van der Waals surface area contributed by atoms with Crippen molar-refractivity contribution in [2.24, 2.45) is 0 Å². The Kier molecular flexibility index (Phi) is 3.71. The molecule has 0 saturated heterocycles. The summed E-state index contributed by atoms with van der Waals surface area (Å²) in [4.78, 5) is 14.6. The van der Waals surface area contributed by atoms with Crippen LogP contribution in [0.4, 0.5) is 5.82 Å². The molecule has 2 aromatic heterocycles. The third-order valence-electron chi connectivity index (χ3n) is 2.61. The number of carboxylic acids is 1. The van der Waals surface area contributed by atoms with Crippen molar-refractivity contribution in [1.82, 2.24) is 19.6 Å². The van der Waals surface area contributed by atoms with Crippen LogP contribution in [0.2, 0.25) is 0 Å². The first-order chi connectivity index (χ1) is 8.68. The molecule has 0 aliphatic rings. The highest BCUT2D eigenvalue weighted by Crippen LogP contribution is 2.11. The number of hydrogen-bond donors (Lipinski definition) is 2. The zero-order chi connectivity index (χ0) is 13.0. The van der Waals surface area contributed by atoms with Crippen LogP contribution in [0.15, 0.2) is 12.4 Å². The molecule has 0 radical (unpaired) electrons. The highest BCUT2D eigenvalue weighted by atomic mass is 16.4.